The van der Waals surface area contributed by atoms with Crippen molar-refractivity contribution >= 4 is 35.3 Å². The molecule has 0 saturated carbocycles. The van der Waals surface area contributed by atoms with Crippen molar-refractivity contribution in [2.45, 2.75) is 37.8 Å². The molecule has 3 aliphatic rings. The van der Waals surface area contributed by atoms with Crippen molar-refractivity contribution in [3.63, 3.8) is 0 Å². The topological polar surface area (TPSA) is 60.9 Å². The molecule has 0 radical (unpaired) electrons. The standard InChI is InChI=1S/C20H26N2O3S2/c23-9-17-10-26-12-21(17)20(25)18-11-27-13-22(18)19(24)8-14-5-6-15-3-1-2-4-16(15)7-14/h1-4,14,17-18,23H,5-13H2/t14-,17+,18-/m0/s1. The number of aliphatic hydroxyl groups excluding tert-OH is 1. The van der Waals surface area contributed by atoms with Gasteiger partial charge in [0.1, 0.15) is 6.04 Å². The summed E-state index contributed by atoms with van der Waals surface area (Å²) in [6.45, 7) is -0.00592. The average Bonchev–Trinajstić information content (AvgIpc) is 3.36. The lowest BCUT2D eigenvalue weighted by molar-refractivity contribution is -0.144. The van der Waals surface area contributed by atoms with Crippen LogP contribution in [0.25, 0.3) is 0 Å². The minimum atomic E-state index is -0.369. The molecule has 0 spiro atoms. The van der Waals surface area contributed by atoms with Crippen LogP contribution < -0.4 is 0 Å². The van der Waals surface area contributed by atoms with Gasteiger partial charge < -0.3 is 14.9 Å². The first-order valence-corrected chi connectivity index (χ1v) is 11.9. The van der Waals surface area contributed by atoms with Crippen molar-refractivity contribution < 1.29 is 14.7 Å². The second-order valence-corrected chi connectivity index (χ2v) is 9.60. The smallest absolute Gasteiger partial charge is 0.247 e. The van der Waals surface area contributed by atoms with Crippen LogP contribution >= 0.6 is 23.5 Å². The summed E-state index contributed by atoms with van der Waals surface area (Å²) in [6, 6.07) is 8.03. The average molecular weight is 407 g/mol. The summed E-state index contributed by atoms with van der Waals surface area (Å²) in [5.74, 6) is 3.13. The Hall–Kier alpha value is -1.18. The SMILES string of the molecule is O=C([C@@H]1CSCN1C(=O)C[C@H]1CCc2ccccc2C1)N1CSC[C@H]1CO. The van der Waals surface area contributed by atoms with Gasteiger partial charge in [-0.2, -0.15) is 0 Å². The highest BCUT2D eigenvalue weighted by atomic mass is 32.2. The number of aryl methyl sites for hydroxylation is 1. The minimum Gasteiger partial charge on any atom is -0.394 e. The molecule has 5 nitrogen and oxygen atoms in total. The maximum atomic E-state index is 13.0. The van der Waals surface area contributed by atoms with Gasteiger partial charge in [-0.25, -0.2) is 0 Å². The van der Waals surface area contributed by atoms with Gasteiger partial charge in [0.05, 0.1) is 24.4 Å². The number of rotatable bonds is 4. The fourth-order valence-electron chi connectivity index (χ4n) is 4.27. The largest absolute Gasteiger partial charge is 0.394 e. The number of aliphatic hydroxyl groups is 1. The lowest BCUT2D eigenvalue weighted by atomic mass is 9.82. The Morgan fingerprint density at radius 2 is 1.81 bits per heavy atom. The summed E-state index contributed by atoms with van der Waals surface area (Å²) >= 11 is 3.32. The highest BCUT2D eigenvalue weighted by Crippen LogP contribution is 2.31. The first-order chi connectivity index (χ1) is 13.2. The van der Waals surface area contributed by atoms with Crippen LogP contribution in [0.3, 0.4) is 0 Å². The van der Waals surface area contributed by atoms with Crippen LogP contribution in [0, 0.1) is 5.92 Å². The third-order valence-corrected chi connectivity index (χ3v) is 7.97. The van der Waals surface area contributed by atoms with Crippen LogP contribution in [0.1, 0.15) is 24.0 Å². The molecule has 0 unspecified atom stereocenters. The summed E-state index contributed by atoms with van der Waals surface area (Å²) in [5, 5.41) is 9.51. The van der Waals surface area contributed by atoms with Crippen molar-refractivity contribution in [1.82, 2.24) is 9.80 Å². The Kier molecular flexibility index (Phi) is 5.99. The zero-order valence-electron chi connectivity index (χ0n) is 15.4. The molecule has 146 valence electrons. The van der Waals surface area contributed by atoms with E-state index in [1.165, 1.54) is 11.1 Å². The summed E-state index contributed by atoms with van der Waals surface area (Å²) in [5.41, 5.74) is 2.78. The molecular weight excluding hydrogens is 380 g/mol. The number of carbonyl (C=O) groups is 2. The third kappa shape index (κ3) is 4.00. The quantitative estimate of drug-likeness (QED) is 0.829. The maximum absolute atomic E-state index is 13.0. The zero-order chi connectivity index (χ0) is 18.8. The Bertz CT molecular complexity index is 714. The minimum absolute atomic E-state index is 0.00592. The van der Waals surface area contributed by atoms with Crippen LogP contribution in [0.5, 0.6) is 0 Å². The van der Waals surface area contributed by atoms with Gasteiger partial charge in [0.25, 0.3) is 0 Å². The first kappa shape index (κ1) is 19.2. The number of hydrogen-bond donors (Lipinski definition) is 1. The Balaban J connectivity index is 1.39. The van der Waals surface area contributed by atoms with Gasteiger partial charge >= 0.3 is 0 Å². The normalized spacial score (nSPS) is 27.7. The number of amides is 2. The van der Waals surface area contributed by atoms with Gasteiger partial charge in [0.2, 0.25) is 11.8 Å². The molecule has 2 amide bonds. The van der Waals surface area contributed by atoms with Crippen molar-refractivity contribution in [2.75, 3.05) is 29.9 Å². The van der Waals surface area contributed by atoms with Crippen LogP contribution in [-0.4, -0.2) is 68.7 Å². The van der Waals surface area contributed by atoms with Gasteiger partial charge in [-0.05, 0) is 36.3 Å². The second kappa shape index (κ2) is 8.45. The molecule has 2 saturated heterocycles. The first-order valence-electron chi connectivity index (χ1n) is 9.60. The number of carbonyl (C=O) groups excluding carboxylic acids is 2. The van der Waals surface area contributed by atoms with E-state index in [0.717, 1.165) is 25.0 Å². The van der Waals surface area contributed by atoms with Crippen molar-refractivity contribution in [3.05, 3.63) is 35.4 Å². The number of fused-ring (bicyclic) bond motifs is 1. The van der Waals surface area contributed by atoms with Crippen molar-refractivity contribution in [2.24, 2.45) is 5.92 Å². The van der Waals surface area contributed by atoms with E-state index >= 15 is 0 Å². The van der Waals surface area contributed by atoms with E-state index in [1.807, 2.05) is 0 Å². The van der Waals surface area contributed by atoms with E-state index in [4.69, 9.17) is 0 Å². The van der Waals surface area contributed by atoms with Gasteiger partial charge in [-0.3, -0.25) is 9.59 Å². The fourth-order valence-corrected chi connectivity index (χ4v) is 6.64. The molecule has 1 aromatic carbocycles. The predicted octanol–water partition coefficient (Wildman–Crippen LogP) is 1.98. The second-order valence-electron chi connectivity index (χ2n) is 7.61. The lowest BCUT2D eigenvalue weighted by Gasteiger charge is -2.31. The number of hydrogen-bond acceptors (Lipinski definition) is 5. The van der Waals surface area contributed by atoms with E-state index in [2.05, 4.69) is 24.3 Å². The Labute approximate surface area is 168 Å². The number of thioether (sulfide) groups is 2. The van der Waals surface area contributed by atoms with Crippen molar-refractivity contribution in [1.29, 1.82) is 0 Å². The number of benzene rings is 1. The van der Waals surface area contributed by atoms with E-state index in [1.54, 1.807) is 33.3 Å². The molecule has 0 bridgehead atoms. The van der Waals surface area contributed by atoms with Gasteiger partial charge in [-0.15, -0.1) is 23.5 Å². The van der Waals surface area contributed by atoms with Crippen LogP contribution in [-0.2, 0) is 22.4 Å². The summed E-state index contributed by atoms with van der Waals surface area (Å²) in [6.07, 6.45) is 3.56. The van der Waals surface area contributed by atoms with E-state index in [0.29, 0.717) is 29.8 Å². The molecule has 0 aromatic heterocycles. The molecule has 1 aliphatic carbocycles. The number of nitrogens with zero attached hydrogens (tertiary/aromatic N) is 2. The van der Waals surface area contributed by atoms with Gasteiger partial charge in [0, 0.05) is 17.9 Å². The monoisotopic (exact) mass is 406 g/mol. The molecule has 2 heterocycles. The lowest BCUT2D eigenvalue weighted by Crippen LogP contribution is -2.51. The molecule has 1 N–H and O–H groups in total. The molecule has 3 atom stereocenters. The van der Waals surface area contributed by atoms with Crippen LogP contribution in [0.2, 0.25) is 0 Å². The van der Waals surface area contributed by atoms with Crippen LogP contribution in [0.15, 0.2) is 24.3 Å². The predicted molar refractivity (Wildman–Crippen MR) is 110 cm³/mol. The highest BCUT2D eigenvalue weighted by Gasteiger charge is 2.40. The maximum Gasteiger partial charge on any atom is 0.247 e. The third-order valence-electron chi connectivity index (χ3n) is 5.88. The molecule has 2 aliphatic heterocycles. The van der Waals surface area contributed by atoms with E-state index in [-0.39, 0.29) is 30.5 Å². The van der Waals surface area contributed by atoms with Crippen molar-refractivity contribution in [3.8, 4) is 0 Å². The molecule has 27 heavy (non-hydrogen) atoms. The fraction of sp³-hybridized carbons (Fsp3) is 0.600. The Morgan fingerprint density at radius 1 is 1.07 bits per heavy atom. The highest BCUT2D eigenvalue weighted by molar-refractivity contribution is 7.99. The molecular formula is C20H26N2O3S2. The van der Waals surface area contributed by atoms with Gasteiger partial charge in [0.15, 0.2) is 0 Å². The molecule has 2 fully saturated rings. The summed E-state index contributed by atoms with van der Waals surface area (Å²) in [7, 11) is 0. The van der Waals surface area contributed by atoms with E-state index in [9.17, 15) is 14.7 Å². The van der Waals surface area contributed by atoms with Gasteiger partial charge in [-0.1, -0.05) is 24.3 Å². The summed E-state index contributed by atoms with van der Waals surface area (Å²) in [4.78, 5) is 29.5. The molecule has 4 rings (SSSR count). The van der Waals surface area contributed by atoms with E-state index < -0.39 is 0 Å². The molecule has 1 aromatic rings. The summed E-state index contributed by atoms with van der Waals surface area (Å²) < 4.78 is 0. The van der Waals surface area contributed by atoms with Crippen LogP contribution in [0.4, 0.5) is 0 Å². The Morgan fingerprint density at radius 3 is 2.63 bits per heavy atom. The molecule has 7 heteroatoms. The zero-order valence-corrected chi connectivity index (χ0v) is 17.0.